The Morgan fingerprint density at radius 2 is 1.47 bits per heavy atom. The molecular weight excluding hydrogens is 591 g/mol. The SMILES string of the molecule is CCCCCCCCCCCCCCCC(=O)N[C@@H](Cc1ccc(OCc2ncc(C)c(OC)c2C)cc1)C[C@H](O)P(=O)(O)O. The number of nitrogens with zero attached hydrogens (tertiary/aromatic N) is 1. The van der Waals surface area contributed by atoms with Crippen molar-refractivity contribution in [1.82, 2.24) is 10.3 Å². The zero-order chi connectivity index (χ0) is 33.1. The molecule has 254 valence electrons. The summed E-state index contributed by atoms with van der Waals surface area (Å²) >= 11 is 0. The van der Waals surface area contributed by atoms with Crippen LogP contribution in [-0.2, 0) is 22.4 Å². The van der Waals surface area contributed by atoms with Crippen LogP contribution < -0.4 is 14.8 Å². The summed E-state index contributed by atoms with van der Waals surface area (Å²) in [6.45, 7) is 6.40. The Bertz CT molecular complexity index is 1170. The number of carbonyl (C=O) groups is 1. The molecule has 45 heavy (non-hydrogen) atoms. The molecule has 1 amide bonds. The number of unbranched alkanes of at least 4 members (excludes halogenated alkanes) is 12. The van der Waals surface area contributed by atoms with E-state index in [2.05, 4.69) is 17.2 Å². The molecule has 0 aliphatic carbocycles. The molecule has 0 bridgehead atoms. The fourth-order valence-electron chi connectivity index (χ4n) is 5.56. The van der Waals surface area contributed by atoms with Crippen molar-refractivity contribution < 1.29 is 33.7 Å². The number of aryl methyl sites for hydroxylation is 1. The summed E-state index contributed by atoms with van der Waals surface area (Å²) < 4.78 is 23.0. The number of aliphatic hydroxyl groups is 1. The Balaban J connectivity index is 1.78. The van der Waals surface area contributed by atoms with E-state index >= 15 is 0 Å². The van der Waals surface area contributed by atoms with Crippen LogP contribution in [0.4, 0.5) is 0 Å². The maximum atomic E-state index is 12.7. The molecule has 0 fully saturated rings. The number of carbonyl (C=O) groups excluding carboxylic acids is 1. The van der Waals surface area contributed by atoms with Crippen LogP contribution in [0.25, 0.3) is 0 Å². The molecule has 0 radical (unpaired) electrons. The van der Waals surface area contributed by atoms with Gasteiger partial charge in [0.05, 0.1) is 12.8 Å². The van der Waals surface area contributed by atoms with Crippen LogP contribution in [0.1, 0.15) is 126 Å². The Hall–Kier alpha value is -2.45. The van der Waals surface area contributed by atoms with Gasteiger partial charge in [-0.05, 0) is 44.4 Å². The molecular formula is C35H57N2O7P. The summed E-state index contributed by atoms with van der Waals surface area (Å²) in [7, 11) is -3.07. The third kappa shape index (κ3) is 15.6. The molecule has 2 rings (SSSR count). The molecule has 4 N–H and O–H groups in total. The lowest BCUT2D eigenvalue weighted by molar-refractivity contribution is -0.122. The van der Waals surface area contributed by atoms with Gasteiger partial charge < -0.3 is 29.7 Å². The molecule has 1 heterocycles. The van der Waals surface area contributed by atoms with Gasteiger partial charge in [0.15, 0.2) is 5.85 Å². The van der Waals surface area contributed by atoms with Crippen LogP contribution in [0.2, 0.25) is 0 Å². The first-order valence-corrected chi connectivity index (χ1v) is 18.5. The number of ether oxygens (including phenoxy) is 2. The number of rotatable bonds is 24. The predicted octanol–water partition coefficient (Wildman–Crippen LogP) is 7.68. The zero-order valence-corrected chi connectivity index (χ0v) is 28.8. The van der Waals surface area contributed by atoms with Gasteiger partial charge in [-0.2, -0.15) is 0 Å². The third-order valence-corrected chi connectivity index (χ3v) is 9.27. The van der Waals surface area contributed by atoms with Crippen molar-refractivity contribution >= 4 is 13.5 Å². The number of nitrogens with one attached hydrogen (secondary N) is 1. The zero-order valence-electron chi connectivity index (χ0n) is 27.9. The van der Waals surface area contributed by atoms with Gasteiger partial charge in [0.2, 0.25) is 5.91 Å². The molecule has 1 aromatic carbocycles. The van der Waals surface area contributed by atoms with Crippen LogP contribution in [0.15, 0.2) is 30.5 Å². The van der Waals surface area contributed by atoms with E-state index in [1.165, 1.54) is 64.2 Å². The molecule has 2 aromatic rings. The standard InChI is InChI=1S/C35H57N2O7P/c1-5-6-7-8-9-10-11-12-13-14-15-16-17-18-33(38)37-30(24-34(39)45(40,41)42)23-29-19-21-31(22-20-29)44-26-32-28(3)35(43-4)27(2)25-36-32/h19-22,25,30,34,39H,5-18,23-24,26H2,1-4H3,(H,37,38)(H2,40,41,42)/t30-,34+/m0/s1. The Morgan fingerprint density at radius 1 is 0.911 bits per heavy atom. The second-order valence-electron chi connectivity index (χ2n) is 12.2. The average Bonchev–Trinajstić information content (AvgIpc) is 2.99. The van der Waals surface area contributed by atoms with Gasteiger partial charge in [-0.25, -0.2) is 0 Å². The first-order valence-electron chi connectivity index (χ1n) is 16.8. The quantitative estimate of drug-likeness (QED) is 0.0672. The molecule has 9 nitrogen and oxygen atoms in total. The lowest BCUT2D eigenvalue weighted by Crippen LogP contribution is -2.38. The van der Waals surface area contributed by atoms with Crippen LogP contribution in [0.3, 0.4) is 0 Å². The number of benzene rings is 1. The number of aromatic nitrogens is 1. The number of amides is 1. The van der Waals surface area contributed by atoms with Gasteiger partial charge in [-0.15, -0.1) is 0 Å². The summed E-state index contributed by atoms with van der Waals surface area (Å²) in [5, 5.41) is 13.0. The number of methoxy groups -OCH3 is 1. The molecule has 2 atom stereocenters. The van der Waals surface area contributed by atoms with E-state index in [0.29, 0.717) is 18.6 Å². The van der Waals surface area contributed by atoms with E-state index in [9.17, 15) is 24.3 Å². The third-order valence-electron chi connectivity index (χ3n) is 8.29. The molecule has 10 heteroatoms. The number of hydrogen-bond donors (Lipinski definition) is 4. The smallest absolute Gasteiger partial charge is 0.353 e. The summed E-state index contributed by atoms with van der Waals surface area (Å²) in [5.41, 5.74) is 3.50. The van der Waals surface area contributed by atoms with Crippen molar-refractivity contribution in [2.24, 2.45) is 0 Å². The van der Waals surface area contributed by atoms with Crippen molar-refractivity contribution in [3.63, 3.8) is 0 Å². The number of hydrogen-bond acceptors (Lipinski definition) is 6. The van der Waals surface area contributed by atoms with E-state index in [1.807, 2.05) is 38.1 Å². The second-order valence-corrected chi connectivity index (χ2v) is 14.0. The van der Waals surface area contributed by atoms with E-state index in [0.717, 1.165) is 47.4 Å². The number of aliphatic hydroxyl groups excluding tert-OH is 1. The topological polar surface area (TPSA) is 138 Å². The van der Waals surface area contributed by atoms with Gasteiger partial charge >= 0.3 is 7.60 Å². The summed E-state index contributed by atoms with van der Waals surface area (Å²) in [6.07, 6.45) is 18.1. The van der Waals surface area contributed by atoms with E-state index < -0.39 is 19.5 Å². The average molecular weight is 649 g/mol. The first kappa shape index (κ1) is 38.7. The minimum absolute atomic E-state index is 0.169. The lowest BCUT2D eigenvalue weighted by atomic mass is 10.0. The largest absolute Gasteiger partial charge is 0.496 e. The van der Waals surface area contributed by atoms with Crippen molar-refractivity contribution in [3.8, 4) is 11.5 Å². The molecule has 0 saturated carbocycles. The predicted molar refractivity (Wildman–Crippen MR) is 180 cm³/mol. The molecule has 0 saturated heterocycles. The lowest BCUT2D eigenvalue weighted by Gasteiger charge is -2.22. The molecule has 1 aromatic heterocycles. The molecule has 0 aliphatic heterocycles. The highest BCUT2D eigenvalue weighted by Crippen LogP contribution is 2.42. The van der Waals surface area contributed by atoms with Crippen LogP contribution in [0, 0.1) is 13.8 Å². The van der Waals surface area contributed by atoms with Gasteiger partial charge in [0.25, 0.3) is 0 Å². The normalized spacial score (nSPS) is 13.0. The highest BCUT2D eigenvalue weighted by atomic mass is 31.2. The Kier molecular flexibility index (Phi) is 18.4. The van der Waals surface area contributed by atoms with Crippen LogP contribution in [0.5, 0.6) is 11.5 Å². The second kappa shape index (κ2) is 21.4. The summed E-state index contributed by atoms with van der Waals surface area (Å²) in [5.74, 6) is -0.585. The number of pyridine rings is 1. The maximum absolute atomic E-state index is 12.7. The van der Waals surface area contributed by atoms with Gasteiger partial charge in [-0.1, -0.05) is 96.1 Å². The Morgan fingerprint density at radius 3 is 2.00 bits per heavy atom. The minimum atomic E-state index is -4.70. The van der Waals surface area contributed by atoms with Crippen molar-refractivity contribution in [1.29, 1.82) is 0 Å². The van der Waals surface area contributed by atoms with E-state index in [-0.39, 0.29) is 18.9 Å². The van der Waals surface area contributed by atoms with Crippen molar-refractivity contribution in [2.45, 2.75) is 142 Å². The van der Waals surface area contributed by atoms with Crippen LogP contribution in [-0.4, -0.2) is 44.8 Å². The fourth-order valence-corrected chi connectivity index (χ4v) is 6.09. The summed E-state index contributed by atoms with van der Waals surface area (Å²) in [6, 6.07) is 6.69. The highest BCUT2D eigenvalue weighted by Gasteiger charge is 2.30. The fraction of sp³-hybridized carbons (Fsp3) is 0.657. The van der Waals surface area contributed by atoms with E-state index in [1.54, 1.807) is 13.3 Å². The highest BCUT2D eigenvalue weighted by molar-refractivity contribution is 7.52. The van der Waals surface area contributed by atoms with Crippen molar-refractivity contribution in [2.75, 3.05) is 7.11 Å². The maximum Gasteiger partial charge on any atom is 0.353 e. The molecule has 0 spiro atoms. The van der Waals surface area contributed by atoms with Gasteiger partial charge in [0.1, 0.15) is 18.1 Å². The first-order chi connectivity index (χ1) is 21.5. The Labute approximate surface area is 270 Å². The monoisotopic (exact) mass is 648 g/mol. The molecule has 0 unspecified atom stereocenters. The van der Waals surface area contributed by atoms with Gasteiger partial charge in [0, 0.05) is 36.2 Å². The molecule has 0 aliphatic rings. The van der Waals surface area contributed by atoms with Gasteiger partial charge in [-0.3, -0.25) is 14.3 Å². The summed E-state index contributed by atoms with van der Waals surface area (Å²) in [4.78, 5) is 36.1. The van der Waals surface area contributed by atoms with Crippen LogP contribution >= 0.6 is 7.60 Å². The van der Waals surface area contributed by atoms with Crippen molar-refractivity contribution in [3.05, 3.63) is 52.8 Å². The minimum Gasteiger partial charge on any atom is -0.496 e. The van der Waals surface area contributed by atoms with E-state index in [4.69, 9.17) is 9.47 Å².